The van der Waals surface area contributed by atoms with Gasteiger partial charge in [-0.1, -0.05) is 0 Å². The van der Waals surface area contributed by atoms with Gasteiger partial charge in [-0.2, -0.15) is 4.31 Å². The van der Waals surface area contributed by atoms with Crippen molar-refractivity contribution in [3.8, 4) is 11.5 Å². The number of amides is 1. The topological polar surface area (TPSA) is 158 Å². The first-order valence-corrected chi connectivity index (χ1v) is 14.5. The molecular formula is C23H29N3O10S2. The monoisotopic (exact) mass is 571 g/mol. The molecule has 0 spiro atoms. The maximum absolute atomic E-state index is 12.9. The standard InChI is InChI=1S/C23H29N3O10S2/c1-33-20-13-18(23(28)35-3)19(14-21(20)34-2)24-22(27)15-26(37(4,29)30)16-5-7-17(8-6-16)38(31,32)25-9-11-36-12-10-25/h5-8,13-14H,9-12,15H2,1-4H3,(H,24,27). The highest BCUT2D eigenvalue weighted by molar-refractivity contribution is 7.92. The number of rotatable bonds is 10. The molecule has 0 radical (unpaired) electrons. The molecular weight excluding hydrogens is 542 g/mol. The van der Waals surface area contributed by atoms with Gasteiger partial charge >= 0.3 is 5.97 Å². The van der Waals surface area contributed by atoms with E-state index in [1.807, 2.05) is 0 Å². The molecule has 1 aliphatic heterocycles. The van der Waals surface area contributed by atoms with E-state index in [0.29, 0.717) is 0 Å². The molecule has 1 fully saturated rings. The van der Waals surface area contributed by atoms with Crippen LogP contribution in [0, 0.1) is 0 Å². The zero-order valence-corrected chi connectivity index (χ0v) is 22.9. The molecule has 0 bridgehead atoms. The van der Waals surface area contributed by atoms with Crippen molar-refractivity contribution in [3.05, 3.63) is 42.0 Å². The van der Waals surface area contributed by atoms with Gasteiger partial charge in [-0.05, 0) is 24.3 Å². The predicted octanol–water partition coefficient (Wildman–Crippen LogP) is 0.916. The van der Waals surface area contributed by atoms with Crippen LogP contribution in [0.5, 0.6) is 11.5 Å². The first-order valence-electron chi connectivity index (χ1n) is 11.2. The Balaban J connectivity index is 1.87. The summed E-state index contributed by atoms with van der Waals surface area (Å²) < 4.78 is 73.3. The van der Waals surface area contributed by atoms with Crippen LogP contribution in [0.4, 0.5) is 11.4 Å². The van der Waals surface area contributed by atoms with Crippen LogP contribution in [0.1, 0.15) is 10.4 Å². The van der Waals surface area contributed by atoms with Crippen molar-refractivity contribution in [2.45, 2.75) is 4.90 Å². The fourth-order valence-corrected chi connectivity index (χ4v) is 5.97. The Morgan fingerprint density at radius 2 is 1.55 bits per heavy atom. The van der Waals surface area contributed by atoms with Gasteiger partial charge in [0, 0.05) is 25.2 Å². The molecule has 0 saturated carbocycles. The van der Waals surface area contributed by atoms with Crippen molar-refractivity contribution in [2.24, 2.45) is 0 Å². The molecule has 0 unspecified atom stereocenters. The number of carbonyl (C=O) groups excluding carboxylic acids is 2. The Morgan fingerprint density at radius 3 is 2.08 bits per heavy atom. The van der Waals surface area contributed by atoms with Crippen molar-refractivity contribution in [1.82, 2.24) is 4.31 Å². The fourth-order valence-electron chi connectivity index (χ4n) is 3.70. The summed E-state index contributed by atoms with van der Waals surface area (Å²) in [6, 6.07) is 7.83. The maximum Gasteiger partial charge on any atom is 0.340 e. The van der Waals surface area contributed by atoms with Crippen LogP contribution in [0.15, 0.2) is 41.3 Å². The Bertz CT molecular complexity index is 1390. The van der Waals surface area contributed by atoms with Gasteiger partial charge in [0.05, 0.1) is 62.6 Å². The number of methoxy groups -OCH3 is 3. The van der Waals surface area contributed by atoms with Gasteiger partial charge in [0.25, 0.3) is 0 Å². The number of nitrogens with one attached hydrogen (secondary N) is 1. The minimum atomic E-state index is -3.97. The van der Waals surface area contributed by atoms with E-state index in [2.05, 4.69) is 5.32 Å². The molecule has 0 aliphatic carbocycles. The van der Waals surface area contributed by atoms with E-state index in [1.165, 1.54) is 62.0 Å². The fraction of sp³-hybridized carbons (Fsp3) is 0.391. The second-order valence-electron chi connectivity index (χ2n) is 8.07. The smallest absolute Gasteiger partial charge is 0.340 e. The molecule has 1 N–H and O–H groups in total. The molecule has 1 saturated heterocycles. The zero-order valence-electron chi connectivity index (χ0n) is 21.3. The van der Waals surface area contributed by atoms with E-state index in [0.717, 1.165) is 10.6 Å². The average Bonchev–Trinajstić information content (AvgIpc) is 2.91. The van der Waals surface area contributed by atoms with Crippen molar-refractivity contribution < 1.29 is 45.4 Å². The van der Waals surface area contributed by atoms with E-state index < -0.39 is 38.5 Å². The molecule has 0 atom stereocenters. The number of benzene rings is 2. The lowest BCUT2D eigenvalue weighted by Gasteiger charge is -2.26. The SMILES string of the molecule is COC(=O)c1cc(OC)c(OC)cc1NC(=O)CN(c1ccc(S(=O)(=O)N2CCOCC2)cc1)S(C)(=O)=O. The molecule has 3 rings (SSSR count). The lowest BCUT2D eigenvalue weighted by molar-refractivity contribution is -0.114. The molecule has 1 amide bonds. The summed E-state index contributed by atoms with van der Waals surface area (Å²) in [5.41, 5.74) is 0.0473. The average molecular weight is 572 g/mol. The highest BCUT2D eigenvalue weighted by atomic mass is 32.2. The zero-order chi connectivity index (χ0) is 28.1. The number of morpholine rings is 1. The minimum Gasteiger partial charge on any atom is -0.493 e. The molecule has 2 aromatic carbocycles. The van der Waals surface area contributed by atoms with Gasteiger partial charge in [-0.15, -0.1) is 0 Å². The number of nitrogens with zero attached hydrogens (tertiary/aromatic N) is 2. The van der Waals surface area contributed by atoms with Gasteiger partial charge in [0.2, 0.25) is 26.0 Å². The molecule has 208 valence electrons. The van der Waals surface area contributed by atoms with Gasteiger partial charge in [-0.3, -0.25) is 9.10 Å². The van der Waals surface area contributed by atoms with E-state index in [1.54, 1.807) is 0 Å². The first kappa shape index (κ1) is 29.2. The number of hydrogen-bond acceptors (Lipinski definition) is 10. The largest absolute Gasteiger partial charge is 0.493 e. The number of esters is 1. The molecule has 13 nitrogen and oxygen atoms in total. The Morgan fingerprint density at radius 1 is 0.974 bits per heavy atom. The van der Waals surface area contributed by atoms with Crippen LogP contribution in [-0.2, 0) is 34.3 Å². The van der Waals surface area contributed by atoms with Gasteiger partial charge in [0.1, 0.15) is 6.54 Å². The van der Waals surface area contributed by atoms with E-state index in [9.17, 15) is 26.4 Å². The normalized spacial score (nSPS) is 14.4. The van der Waals surface area contributed by atoms with Crippen molar-refractivity contribution in [1.29, 1.82) is 0 Å². The first-order chi connectivity index (χ1) is 17.9. The molecule has 1 heterocycles. The molecule has 1 aliphatic rings. The van der Waals surface area contributed by atoms with Crippen molar-refractivity contribution in [2.75, 3.05) is 70.1 Å². The number of ether oxygens (including phenoxy) is 4. The van der Waals surface area contributed by atoms with Crippen LogP contribution >= 0.6 is 0 Å². The summed E-state index contributed by atoms with van der Waals surface area (Å²) in [5.74, 6) is -1.11. The van der Waals surface area contributed by atoms with Crippen LogP contribution in [0.3, 0.4) is 0 Å². The minimum absolute atomic E-state index is 0.0138. The highest BCUT2D eigenvalue weighted by Gasteiger charge is 2.28. The molecule has 2 aromatic rings. The van der Waals surface area contributed by atoms with Gasteiger partial charge < -0.3 is 24.3 Å². The summed E-state index contributed by atoms with van der Waals surface area (Å²) in [6.45, 7) is 0.328. The van der Waals surface area contributed by atoms with Crippen LogP contribution in [0.2, 0.25) is 0 Å². The molecule has 15 heteroatoms. The van der Waals surface area contributed by atoms with E-state index >= 15 is 0 Å². The summed E-state index contributed by atoms with van der Waals surface area (Å²) in [7, 11) is -3.85. The number of hydrogen-bond donors (Lipinski definition) is 1. The van der Waals surface area contributed by atoms with Crippen molar-refractivity contribution in [3.63, 3.8) is 0 Å². The van der Waals surface area contributed by atoms with Crippen LogP contribution < -0.4 is 19.1 Å². The van der Waals surface area contributed by atoms with Crippen molar-refractivity contribution >= 4 is 43.3 Å². The third kappa shape index (κ3) is 6.53. The lowest BCUT2D eigenvalue weighted by atomic mass is 10.1. The second kappa shape index (κ2) is 12.0. The Labute approximate surface area is 221 Å². The molecule has 38 heavy (non-hydrogen) atoms. The number of sulfonamides is 2. The third-order valence-electron chi connectivity index (χ3n) is 5.62. The second-order valence-corrected chi connectivity index (χ2v) is 11.9. The Kier molecular flexibility index (Phi) is 9.19. The quantitative estimate of drug-likeness (QED) is 0.407. The van der Waals surface area contributed by atoms with Gasteiger partial charge in [0.15, 0.2) is 11.5 Å². The highest BCUT2D eigenvalue weighted by Crippen LogP contribution is 2.34. The van der Waals surface area contributed by atoms with Gasteiger partial charge in [-0.25, -0.2) is 21.6 Å². The number of anilines is 2. The van der Waals surface area contributed by atoms with Crippen LogP contribution in [0.25, 0.3) is 0 Å². The summed E-state index contributed by atoms with van der Waals surface area (Å²) in [5, 5.41) is 2.51. The Hall–Kier alpha value is -3.40. The lowest BCUT2D eigenvalue weighted by Crippen LogP contribution is -2.40. The predicted molar refractivity (Wildman–Crippen MR) is 138 cm³/mol. The summed E-state index contributed by atoms with van der Waals surface area (Å²) >= 11 is 0. The third-order valence-corrected chi connectivity index (χ3v) is 8.68. The molecule has 0 aromatic heterocycles. The summed E-state index contributed by atoms with van der Waals surface area (Å²) in [6.07, 6.45) is 0.912. The maximum atomic E-state index is 12.9. The van der Waals surface area contributed by atoms with Crippen LogP contribution in [-0.4, -0.2) is 93.5 Å². The van der Waals surface area contributed by atoms with E-state index in [-0.39, 0.29) is 59.6 Å². The number of carbonyl (C=O) groups is 2. The van der Waals surface area contributed by atoms with E-state index in [4.69, 9.17) is 18.9 Å². The summed E-state index contributed by atoms with van der Waals surface area (Å²) in [4.78, 5) is 25.2.